The van der Waals surface area contributed by atoms with Gasteiger partial charge in [0, 0.05) is 56.1 Å². The third-order valence-corrected chi connectivity index (χ3v) is 9.81. The Balaban J connectivity index is 1.02. The van der Waals surface area contributed by atoms with Crippen molar-refractivity contribution in [1.82, 2.24) is 29.7 Å². The van der Waals surface area contributed by atoms with E-state index in [-0.39, 0.29) is 22.9 Å². The summed E-state index contributed by atoms with van der Waals surface area (Å²) in [5.41, 5.74) is 0.481. The summed E-state index contributed by atoms with van der Waals surface area (Å²) in [6, 6.07) is 6.37. The quantitative estimate of drug-likeness (QED) is 0.310. The molecule has 6 rings (SSSR count). The zero-order valence-electron chi connectivity index (χ0n) is 26.7. The molecule has 45 heavy (non-hydrogen) atoms. The molecule has 1 saturated carbocycles. The number of aromatic nitrogens is 4. The lowest BCUT2D eigenvalue weighted by atomic mass is 9.71. The van der Waals surface area contributed by atoms with E-state index in [1.165, 1.54) is 69.6 Å². The smallest absolute Gasteiger partial charge is 0.257 e. The minimum absolute atomic E-state index is 0.0225. The minimum Gasteiger partial charge on any atom is -0.451 e. The molecule has 1 aromatic carbocycles. The van der Waals surface area contributed by atoms with Gasteiger partial charge in [-0.15, -0.1) is 0 Å². The van der Waals surface area contributed by atoms with Crippen LogP contribution >= 0.6 is 0 Å². The van der Waals surface area contributed by atoms with Crippen LogP contribution in [0.15, 0.2) is 49.2 Å². The first-order valence-corrected chi connectivity index (χ1v) is 16.4. The molecule has 2 aromatic heterocycles. The van der Waals surface area contributed by atoms with Gasteiger partial charge in [-0.2, -0.15) is 0 Å². The first-order valence-electron chi connectivity index (χ1n) is 16.4. The molecule has 3 aliphatic rings. The summed E-state index contributed by atoms with van der Waals surface area (Å²) in [6.45, 7) is 11.6. The lowest BCUT2D eigenvalue weighted by Gasteiger charge is -2.54. The average molecular weight is 617 g/mol. The Kier molecular flexibility index (Phi) is 9.44. The number of rotatable bonds is 10. The van der Waals surface area contributed by atoms with Crippen LogP contribution in [0.3, 0.4) is 0 Å². The van der Waals surface area contributed by atoms with Gasteiger partial charge in [0.05, 0.1) is 11.8 Å². The number of nitrogens with zero attached hydrogens (tertiary/aromatic N) is 7. The van der Waals surface area contributed by atoms with Gasteiger partial charge in [0.15, 0.2) is 11.6 Å². The third-order valence-electron chi connectivity index (χ3n) is 9.81. The second-order valence-corrected chi connectivity index (χ2v) is 13.2. The molecular formula is C34H45FN8O2. The number of piperidine rings is 1. The molecule has 2 aliphatic heterocycles. The van der Waals surface area contributed by atoms with Gasteiger partial charge in [0.1, 0.15) is 17.9 Å². The Labute approximate surface area is 265 Å². The van der Waals surface area contributed by atoms with E-state index in [2.05, 4.69) is 35.1 Å². The van der Waals surface area contributed by atoms with E-state index in [1.807, 2.05) is 26.8 Å². The Hall–Kier alpha value is -3.86. The molecule has 0 bridgehead atoms. The van der Waals surface area contributed by atoms with E-state index < -0.39 is 5.82 Å². The minimum atomic E-state index is -0.478. The third kappa shape index (κ3) is 7.19. The molecule has 1 amide bonds. The Morgan fingerprint density at radius 1 is 1.09 bits per heavy atom. The number of ether oxygens (including phenoxy) is 1. The van der Waals surface area contributed by atoms with E-state index in [4.69, 9.17) is 4.74 Å². The van der Waals surface area contributed by atoms with Crippen LogP contribution in [-0.4, -0.2) is 87.0 Å². The highest BCUT2D eigenvalue weighted by Crippen LogP contribution is 2.45. The number of amides is 1. The number of halogens is 1. The molecule has 3 aromatic rings. The molecule has 10 nitrogen and oxygen atoms in total. The maximum Gasteiger partial charge on any atom is 0.257 e. The molecule has 1 spiro atoms. The van der Waals surface area contributed by atoms with Crippen molar-refractivity contribution >= 4 is 17.7 Å². The fraction of sp³-hybridized carbons (Fsp3) is 0.559. The highest BCUT2D eigenvalue weighted by atomic mass is 19.1. The average Bonchev–Trinajstić information content (AvgIpc) is 3.03. The molecule has 240 valence electrons. The number of carbonyl (C=O) groups is 1. The molecular weight excluding hydrogens is 571 g/mol. The SMILES string of the molecule is CCN(C(=O)c1cc(F)ccc1Oc1cncnc1N1CC2(CCN(CC3CCC(Nc4ncccn4)CC3)CC2)C1)C(C)C. The van der Waals surface area contributed by atoms with Crippen LogP contribution in [-0.2, 0) is 0 Å². The number of likely N-dealkylation sites (tertiary alicyclic amines) is 1. The summed E-state index contributed by atoms with van der Waals surface area (Å²) in [7, 11) is 0. The number of anilines is 2. The van der Waals surface area contributed by atoms with E-state index in [0.717, 1.165) is 38.0 Å². The van der Waals surface area contributed by atoms with E-state index >= 15 is 0 Å². The fourth-order valence-electron chi connectivity index (χ4n) is 7.24. The van der Waals surface area contributed by atoms with Gasteiger partial charge in [0.25, 0.3) is 5.91 Å². The molecule has 0 atom stereocenters. The van der Waals surface area contributed by atoms with Crippen LogP contribution in [0.5, 0.6) is 11.5 Å². The molecule has 3 fully saturated rings. The van der Waals surface area contributed by atoms with Crippen LogP contribution in [0.4, 0.5) is 16.2 Å². The van der Waals surface area contributed by atoms with Gasteiger partial charge >= 0.3 is 0 Å². The second kappa shape index (κ2) is 13.6. The lowest BCUT2D eigenvalue weighted by Crippen LogP contribution is -2.61. The zero-order valence-corrected chi connectivity index (χ0v) is 26.7. The first-order chi connectivity index (χ1) is 21.8. The van der Waals surface area contributed by atoms with Gasteiger partial charge in [0.2, 0.25) is 5.95 Å². The van der Waals surface area contributed by atoms with Crippen molar-refractivity contribution in [2.75, 3.05) is 49.5 Å². The van der Waals surface area contributed by atoms with Crippen molar-refractivity contribution in [3.8, 4) is 11.5 Å². The lowest BCUT2D eigenvalue weighted by molar-refractivity contribution is 0.0623. The van der Waals surface area contributed by atoms with Crippen LogP contribution in [0.25, 0.3) is 0 Å². The Morgan fingerprint density at radius 2 is 1.82 bits per heavy atom. The van der Waals surface area contributed by atoms with Crippen molar-refractivity contribution in [2.45, 2.75) is 71.4 Å². The summed E-state index contributed by atoms with van der Waals surface area (Å²) >= 11 is 0. The summed E-state index contributed by atoms with van der Waals surface area (Å²) in [6.07, 6.45) is 13.9. The van der Waals surface area contributed by atoms with Crippen molar-refractivity contribution < 1.29 is 13.9 Å². The van der Waals surface area contributed by atoms with Crippen LogP contribution < -0.4 is 15.0 Å². The predicted octanol–water partition coefficient (Wildman–Crippen LogP) is 5.64. The van der Waals surface area contributed by atoms with Gasteiger partial charge in [-0.25, -0.2) is 24.3 Å². The maximum absolute atomic E-state index is 14.3. The Bertz CT molecular complexity index is 1430. The molecule has 0 unspecified atom stereocenters. The van der Waals surface area contributed by atoms with Crippen LogP contribution in [0.2, 0.25) is 0 Å². The normalized spacial score (nSPS) is 21.4. The highest BCUT2D eigenvalue weighted by molar-refractivity contribution is 5.97. The standard InChI is InChI=1S/C34H45FN8O2/c1-4-43(24(2)3)32(44)28-18-26(35)8-11-29(28)45-30-19-36-23-39-31(30)42-21-34(22-42)12-16-41(17-13-34)20-25-6-9-27(10-7-25)40-33-37-14-5-15-38-33/h5,8,11,14-15,18-19,23-25,27H,4,6-7,9-10,12-13,16-17,20-22H2,1-3H3,(H,37,38,40). The van der Waals surface area contributed by atoms with E-state index in [0.29, 0.717) is 29.9 Å². The number of hydrogen-bond donors (Lipinski definition) is 1. The molecule has 1 aliphatic carbocycles. The fourth-order valence-corrected chi connectivity index (χ4v) is 7.24. The number of benzene rings is 1. The van der Waals surface area contributed by atoms with Gasteiger partial charge in [-0.3, -0.25) is 4.79 Å². The van der Waals surface area contributed by atoms with Crippen molar-refractivity contribution in [2.24, 2.45) is 11.3 Å². The highest BCUT2D eigenvalue weighted by Gasteiger charge is 2.46. The van der Waals surface area contributed by atoms with Crippen LogP contribution in [0.1, 0.15) is 69.7 Å². The van der Waals surface area contributed by atoms with Gasteiger partial charge < -0.3 is 24.8 Å². The summed E-state index contributed by atoms with van der Waals surface area (Å²) in [5.74, 6) is 2.23. The Morgan fingerprint density at radius 3 is 2.51 bits per heavy atom. The van der Waals surface area contributed by atoms with Gasteiger partial charge in [-0.1, -0.05) is 0 Å². The molecule has 1 N–H and O–H groups in total. The van der Waals surface area contributed by atoms with Gasteiger partial charge in [-0.05, 0) is 103 Å². The largest absolute Gasteiger partial charge is 0.451 e. The molecule has 4 heterocycles. The monoisotopic (exact) mass is 616 g/mol. The number of nitrogens with one attached hydrogen (secondary N) is 1. The first kappa shape index (κ1) is 31.1. The van der Waals surface area contributed by atoms with E-state index in [9.17, 15) is 9.18 Å². The zero-order chi connectivity index (χ0) is 31.4. The van der Waals surface area contributed by atoms with Crippen molar-refractivity contribution in [3.05, 3.63) is 60.6 Å². The topological polar surface area (TPSA) is 99.6 Å². The summed E-state index contributed by atoms with van der Waals surface area (Å²) in [5, 5.41) is 3.50. The molecule has 0 radical (unpaired) electrons. The second-order valence-electron chi connectivity index (χ2n) is 13.2. The maximum atomic E-state index is 14.3. The summed E-state index contributed by atoms with van der Waals surface area (Å²) < 4.78 is 20.5. The predicted molar refractivity (Wildman–Crippen MR) is 172 cm³/mol. The van der Waals surface area contributed by atoms with Crippen molar-refractivity contribution in [3.63, 3.8) is 0 Å². The summed E-state index contributed by atoms with van der Waals surface area (Å²) in [4.78, 5) is 37.3. The van der Waals surface area contributed by atoms with Crippen LogP contribution in [0, 0.1) is 17.2 Å². The molecule has 11 heteroatoms. The van der Waals surface area contributed by atoms with E-state index in [1.54, 1.807) is 23.5 Å². The molecule has 2 saturated heterocycles. The van der Waals surface area contributed by atoms with Crippen molar-refractivity contribution in [1.29, 1.82) is 0 Å². The number of hydrogen-bond acceptors (Lipinski definition) is 9. The number of carbonyl (C=O) groups excluding carboxylic acids is 1.